The fourth-order valence-corrected chi connectivity index (χ4v) is 7.47. The largest absolute Gasteiger partial charge is 0.466 e. The molecular weight excluding hydrogens is 655 g/mol. The van der Waals surface area contributed by atoms with Crippen molar-refractivity contribution in [1.82, 2.24) is 5.32 Å². The van der Waals surface area contributed by atoms with Crippen molar-refractivity contribution in [3.8, 4) is 0 Å². The second kappa shape index (κ2) is 16.5. The molecule has 4 aromatic carbocycles. The van der Waals surface area contributed by atoms with Gasteiger partial charge in [0.05, 0.1) is 26.4 Å². The molecule has 0 radical (unpaired) electrons. The number of carbonyl (C=O) groups excluding carboxylic acids is 2. The normalized spacial score (nSPS) is 24.4. The maximum atomic E-state index is 13.5. The summed E-state index contributed by atoms with van der Waals surface area (Å²) in [7, 11) is 0. The van der Waals surface area contributed by atoms with Crippen molar-refractivity contribution in [2.75, 3.05) is 6.61 Å². The van der Waals surface area contributed by atoms with E-state index < -0.39 is 47.8 Å². The molecule has 1 saturated heterocycles. The Kier molecular flexibility index (Phi) is 11.2. The van der Waals surface area contributed by atoms with E-state index in [4.69, 9.17) is 28.4 Å². The zero-order chi connectivity index (χ0) is 34.1. The Hall–Kier alpha value is -4.45. The van der Waals surface area contributed by atoms with Gasteiger partial charge >= 0.3 is 5.97 Å². The number of ether oxygens (including phenoxy) is 6. The molecule has 0 bridgehead atoms. The molecule has 6 atom stereocenters. The lowest BCUT2D eigenvalue weighted by molar-refractivity contribution is -0.267. The second-order valence-electron chi connectivity index (χ2n) is 12.3. The molecule has 1 fully saturated rings. The van der Waals surface area contributed by atoms with Crippen LogP contribution in [-0.4, -0.2) is 54.4 Å². The number of thioether (sulfide) groups is 1. The number of esters is 1. The van der Waals surface area contributed by atoms with Crippen LogP contribution in [0, 0.1) is 0 Å². The molecule has 7 rings (SSSR count). The van der Waals surface area contributed by atoms with Gasteiger partial charge in [0.2, 0.25) is 6.29 Å². The van der Waals surface area contributed by atoms with E-state index in [2.05, 4.69) is 5.32 Å². The van der Waals surface area contributed by atoms with E-state index >= 15 is 0 Å². The molecule has 10 heteroatoms. The number of rotatable bonds is 13. The van der Waals surface area contributed by atoms with Gasteiger partial charge in [-0.3, -0.25) is 4.79 Å². The summed E-state index contributed by atoms with van der Waals surface area (Å²) in [5.74, 6) is -0.524. The second-order valence-corrected chi connectivity index (χ2v) is 13.5. The third kappa shape index (κ3) is 8.46. The molecule has 0 unspecified atom stereocenters. The van der Waals surface area contributed by atoms with Crippen molar-refractivity contribution in [2.45, 2.75) is 68.7 Å². The molecule has 0 aliphatic carbocycles. The lowest BCUT2D eigenvalue weighted by Crippen LogP contribution is -2.61. The summed E-state index contributed by atoms with van der Waals surface area (Å²) in [5, 5.41) is 2.38. The van der Waals surface area contributed by atoms with Gasteiger partial charge in [0, 0.05) is 6.42 Å². The molecule has 0 spiro atoms. The highest BCUT2D eigenvalue weighted by molar-refractivity contribution is 8.04. The fourth-order valence-electron chi connectivity index (χ4n) is 6.17. The Morgan fingerprint density at radius 1 is 0.700 bits per heavy atom. The number of amides is 1. The molecule has 1 amide bonds. The Morgan fingerprint density at radius 3 is 1.80 bits per heavy atom. The van der Waals surface area contributed by atoms with Crippen LogP contribution in [-0.2, 0) is 64.4 Å². The van der Waals surface area contributed by atoms with Crippen LogP contribution in [0.5, 0.6) is 0 Å². The summed E-state index contributed by atoms with van der Waals surface area (Å²) >= 11 is 1.34. The van der Waals surface area contributed by atoms with Crippen LogP contribution in [0.2, 0.25) is 0 Å². The van der Waals surface area contributed by atoms with E-state index in [-0.39, 0.29) is 19.6 Å². The first kappa shape index (κ1) is 34.0. The Morgan fingerprint density at radius 2 is 1.22 bits per heavy atom. The van der Waals surface area contributed by atoms with Gasteiger partial charge in [0.15, 0.2) is 0 Å². The number of nitrogens with one attached hydrogen (secondary N) is 1. The topological polar surface area (TPSA) is 102 Å². The lowest BCUT2D eigenvalue weighted by atomic mass is 9.99. The number of benzene rings is 4. The molecule has 3 aliphatic heterocycles. The van der Waals surface area contributed by atoms with Gasteiger partial charge in [-0.15, -0.1) is 11.8 Å². The molecule has 258 valence electrons. The summed E-state index contributed by atoms with van der Waals surface area (Å²) in [4.78, 5) is 27.0. The molecule has 3 heterocycles. The third-order valence-electron chi connectivity index (χ3n) is 8.73. The minimum absolute atomic E-state index is 0.108. The monoisotopic (exact) mass is 693 g/mol. The van der Waals surface area contributed by atoms with Crippen molar-refractivity contribution in [2.24, 2.45) is 0 Å². The average molecular weight is 694 g/mol. The minimum atomic E-state index is -0.886. The van der Waals surface area contributed by atoms with E-state index in [1.807, 2.05) is 121 Å². The van der Waals surface area contributed by atoms with Gasteiger partial charge in [0.1, 0.15) is 46.9 Å². The SMILES string of the molecule is O=C1N[C@H](C(=O)OCc2ccccc2)CC2=C1S[C@H]1[C@@H](O2)O[C@H](COCc2ccccc2)[C@@H](OCc2ccccc2)[C@@H]1OCc1ccccc1. The van der Waals surface area contributed by atoms with E-state index in [1.54, 1.807) is 0 Å². The van der Waals surface area contributed by atoms with Crippen LogP contribution in [0.3, 0.4) is 0 Å². The van der Waals surface area contributed by atoms with Gasteiger partial charge < -0.3 is 33.7 Å². The van der Waals surface area contributed by atoms with Crippen LogP contribution in [0.25, 0.3) is 0 Å². The van der Waals surface area contributed by atoms with Gasteiger partial charge in [-0.2, -0.15) is 0 Å². The summed E-state index contributed by atoms with van der Waals surface area (Å²) in [6.45, 7) is 1.38. The first-order chi connectivity index (χ1) is 24.6. The number of hydrogen-bond donors (Lipinski definition) is 1. The molecule has 0 saturated carbocycles. The van der Waals surface area contributed by atoms with Gasteiger partial charge in [0.25, 0.3) is 5.91 Å². The predicted molar refractivity (Wildman–Crippen MR) is 187 cm³/mol. The maximum absolute atomic E-state index is 13.5. The third-order valence-corrected chi connectivity index (χ3v) is 10.1. The number of hydrogen-bond acceptors (Lipinski definition) is 9. The van der Waals surface area contributed by atoms with Crippen LogP contribution >= 0.6 is 11.8 Å². The van der Waals surface area contributed by atoms with Crippen molar-refractivity contribution in [1.29, 1.82) is 0 Å². The van der Waals surface area contributed by atoms with E-state index in [9.17, 15) is 9.59 Å². The highest BCUT2D eigenvalue weighted by Gasteiger charge is 2.53. The minimum Gasteiger partial charge on any atom is -0.466 e. The van der Waals surface area contributed by atoms with Crippen molar-refractivity contribution < 1.29 is 38.0 Å². The van der Waals surface area contributed by atoms with E-state index in [1.165, 1.54) is 11.8 Å². The smallest absolute Gasteiger partial charge is 0.329 e. The zero-order valence-electron chi connectivity index (χ0n) is 27.4. The van der Waals surface area contributed by atoms with Gasteiger partial charge in [-0.25, -0.2) is 4.79 Å². The molecular formula is C40H39NO8S. The highest BCUT2D eigenvalue weighted by Crippen LogP contribution is 2.45. The van der Waals surface area contributed by atoms with Crippen LogP contribution < -0.4 is 5.32 Å². The molecule has 0 aromatic heterocycles. The zero-order valence-corrected chi connectivity index (χ0v) is 28.2. The summed E-state index contributed by atoms with van der Waals surface area (Å²) < 4.78 is 38.2. The van der Waals surface area contributed by atoms with E-state index in [0.29, 0.717) is 30.5 Å². The first-order valence-electron chi connectivity index (χ1n) is 16.8. The summed E-state index contributed by atoms with van der Waals surface area (Å²) in [6, 6.07) is 38.3. The van der Waals surface area contributed by atoms with Gasteiger partial charge in [-0.1, -0.05) is 121 Å². The van der Waals surface area contributed by atoms with Crippen LogP contribution in [0.1, 0.15) is 28.7 Å². The molecule has 9 nitrogen and oxygen atoms in total. The number of fused-ring (bicyclic) bond motifs is 1. The van der Waals surface area contributed by atoms with Crippen molar-refractivity contribution in [3.05, 3.63) is 154 Å². The summed E-state index contributed by atoms with van der Waals surface area (Å²) in [6.07, 6.45) is -2.29. The quantitative estimate of drug-likeness (QED) is 0.167. The lowest BCUT2D eigenvalue weighted by Gasteiger charge is -2.48. The summed E-state index contributed by atoms with van der Waals surface area (Å²) in [5.41, 5.74) is 3.91. The van der Waals surface area contributed by atoms with Crippen molar-refractivity contribution >= 4 is 23.6 Å². The number of carbonyl (C=O) groups is 2. The standard InChI is InChI=1S/C40H39NO8S/c42-38-36-32(21-31(41-38)39(43)47-25-30-19-11-4-12-20-30)48-40-37(50-36)35(46-24-29-17-9-3-10-18-29)34(45-23-28-15-7-2-8-16-28)33(49-40)26-44-22-27-13-5-1-6-14-27/h1-20,31,33-35,37,40H,21-26H2,(H,41,42)/t31-,33+,34+,35-,37+,40-/m0/s1. The van der Waals surface area contributed by atoms with E-state index in [0.717, 1.165) is 22.3 Å². The first-order valence-corrected chi connectivity index (χ1v) is 17.6. The Labute approximate surface area is 295 Å². The maximum Gasteiger partial charge on any atom is 0.329 e. The predicted octanol–water partition coefficient (Wildman–Crippen LogP) is 6.07. The Balaban J connectivity index is 1.12. The Bertz CT molecular complexity index is 1740. The molecule has 1 N–H and O–H groups in total. The van der Waals surface area contributed by atoms with Crippen molar-refractivity contribution in [3.63, 3.8) is 0 Å². The van der Waals surface area contributed by atoms with Crippen LogP contribution in [0.4, 0.5) is 0 Å². The van der Waals surface area contributed by atoms with Gasteiger partial charge in [-0.05, 0) is 22.3 Å². The molecule has 3 aliphatic rings. The fraction of sp³-hybridized carbons (Fsp3) is 0.300. The highest BCUT2D eigenvalue weighted by atomic mass is 32.2. The molecule has 50 heavy (non-hydrogen) atoms. The molecule has 4 aromatic rings. The average Bonchev–Trinajstić information content (AvgIpc) is 3.16. The van der Waals surface area contributed by atoms with Crippen LogP contribution in [0.15, 0.2) is 132 Å².